The zero-order valence-corrected chi connectivity index (χ0v) is 23.3. The summed E-state index contributed by atoms with van der Waals surface area (Å²) in [6.45, 7) is 3.85. The van der Waals surface area contributed by atoms with Crippen molar-refractivity contribution in [3.63, 3.8) is 0 Å². The maximum atomic E-state index is 13.6. The molecule has 3 aromatic rings. The van der Waals surface area contributed by atoms with E-state index in [4.69, 9.17) is 27.9 Å². The molecule has 0 aliphatic rings. The number of nitrogens with zero attached hydrogens (tertiary/aromatic N) is 1. The number of halogens is 3. The van der Waals surface area contributed by atoms with Gasteiger partial charge in [0.1, 0.15) is 11.8 Å². The summed E-state index contributed by atoms with van der Waals surface area (Å²) in [6, 6.07) is 21.2. The van der Waals surface area contributed by atoms with Gasteiger partial charge in [-0.05, 0) is 64.7 Å². The molecule has 0 spiro atoms. The summed E-state index contributed by atoms with van der Waals surface area (Å²) in [5, 5.41) is 4.12. The average Bonchev–Trinajstić information content (AvgIpc) is 2.87. The highest BCUT2D eigenvalue weighted by molar-refractivity contribution is 9.10. The zero-order valence-electron chi connectivity index (χ0n) is 20.2. The number of nitrogens with one attached hydrogen (secondary N) is 1. The average molecular weight is 592 g/mol. The Kier molecular flexibility index (Phi) is 10.7. The third kappa shape index (κ3) is 7.99. The normalized spacial score (nSPS) is 12.5. The van der Waals surface area contributed by atoms with Crippen molar-refractivity contribution in [2.24, 2.45) is 0 Å². The Morgan fingerprint density at radius 1 is 1.03 bits per heavy atom. The van der Waals surface area contributed by atoms with Crippen LogP contribution in [0.15, 0.2) is 77.3 Å². The predicted octanol–water partition coefficient (Wildman–Crippen LogP) is 6.69. The van der Waals surface area contributed by atoms with Gasteiger partial charge in [-0.2, -0.15) is 0 Å². The molecule has 0 aliphatic carbocycles. The standard InChI is InChI=1S/C28H29BrCl2N2O3/c1-3-19(2)32-28(35)25(15-20-9-5-4-6-10-20)33(17-21-11-7-8-12-24(21)31)27(34)18-36-26-14-13-22(30)16-23(26)29/h4-14,16,19,25H,3,15,17-18H2,1-2H3,(H,32,35)/t19-,25+/m0/s1. The molecule has 0 heterocycles. The molecule has 0 aromatic heterocycles. The minimum Gasteiger partial charge on any atom is -0.483 e. The number of ether oxygens (including phenoxy) is 1. The number of benzene rings is 3. The Morgan fingerprint density at radius 3 is 2.39 bits per heavy atom. The molecular weight excluding hydrogens is 563 g/mol. The highest BCUT2D eigenvalue weighted by atomic mass is 79.9. The van der Waals surface area contributed by atoms with Crippen LogP contribution in [0.1, 0.15) is 31.4 Å². The van der Waals surface area contributed by atoms with Crippen molar-refractivity contribution in [3.05, 3.63) is 98.4 Å². The van der Waals surface area contributed by atoms with E-state index in [2.05, 4.69) is 21.2 Å². The van der Waals surface area contributed by atoms with Gasteiger partial charge < -0.3 is 15.0 Å². The van der Waals surface area contributed by atoms with Gasteiger partial charge in [0, 0.05) is 29.1 Å². The molecule has 0 fully saturated rings. The fourth-order valence-corrected chi connectivity index (χ4v) is 4.61. The predicted molar refractivity (Wildman–Crippen MR) is 148 cm³/mol. The Balaban J connectivity index is 1.93. The number of rotatable bonds is 11. The third-order valence-electron chi connectivity index (χ3n) is 5.82. The van der Waals surface area contributed by atoms with E-state index in [0.717, 1.165) is 17.5 Å². The number of hydrogen-bond acceptors (Lipinski definition) is 3. The van der Waals surface area contributed by atoms with Gasteiger partial charge in [-0.1, -0.05) is 78.7 Å². The van der Waals surface area contributed by atoms with Gasteiger partial charge in [0.2, 0.25) is 5.91 Å². The van der Waals surface area contributed by atoms with E-state index in [1.165, 1.54) is 0 Å². The quantitative estimate of drug-likeness (QED) is 0.270. The minimum absolute atomic E-state index is 0.0330. The lowest BCUT2D eigenvalue weighted by Crippen LogP contribution is -2.53. The van der Waals surface area contributed by atoms with Gasteiger partial charge >= 0.3 is 0 Å². The highest BCUT2D eigenvalue weighted by Gasteiger charge is 2.31. The molecule has 8 heteroatoms. The monoisotopic (exact) mass is 590 g/mol. The van der Waals surface area contributed by atoms with Crippen LogP contribution in [0.3, 0.4) is 0 Å². The van der Waals surface area contributed by atoms with Crippen LogP contribution in [0.2, 0.25) is 10.0 Å². The molecule has 0 saturated carbocycles. The Labute approximate surface area is 230 Å². The second-order valence-electron chi connectivity index (χ2n) is 8.50. The second-order valence-corrected chi connectivity index (χ2v) is 10.2. The van der Waals surface area contributed by atoms with E-state index in [1.54, 1.807) is 29.2 Å². The first kappa shape index (κ1) is 28.0. The molecule has 1 N–H and O–H groups in total. The number of carbonyl (C=O) groups is 2. The topological polar surface area (TPSA) is 58.6 Å². The lowest BCUT2D eigenvalue weighted by molar-refractivity contribution is -0.143. The van der Waals surface area contributed by atoms with Crippen molar-refractivity contribution < 1.29 is 14.3 Å². The summed E-state index contributed by atoms with van der Waals surface area (Å²) in [7, 11) is 0. The SMILES string of the molecule is CC[C@H](C)NC(=O)[C@@H](Cc1ccccc1)N(Cc1ccccc1Cl)C(=O)COc1ccc(Cl)cc1Br. The fraction of sp³-hybridized carbons (Fsp3) is 0.286. The van der Waals surface area contributed by atoms with Crippen LogP contribution in [0.5, 0.6) is 5.75 Å². The minimum atomic E-state index is -0.762. The Bertz CT molecular complexity index is 1180. The van der Waals surface area contributed by atoms with Crippen molar-refractivity contribution in [1.29, 1.82) is 0 Å². The first-order chi connectivity index (χ1) is 17.3. The van der Waals surface area contributed by atoms with Gasteiger partial charge in [0.05, 0.1) is 4.47 Å². The molecule has 0 unspecified atom stereocenters. The Morgan fingerprint density at radius 2 is 1.72 bits per heavy atom. The lowest BCUT2D eigenvalue weighted by Gasteiger charge is -2.32. The molecule has 0 aliphatic heterocycles. The summed E-state index contributed by atoms with van der Waals surface area (Å²) >= 11 is 15.9. The van der Waals surface area contributed by atoms with Crippen molar-refractivity contribution >= 4 is 50.9 Å². The molecule has 2 amide bonds. The molecule has 190 valence electrons. The van der Waals surface area contributed by atoms with Crippen molar-refractivity contribution in [2.75, 3.05) is 6.61 Å². The van der Waals surface area contributed by atoms with E-state index in [1.807, 2.05) is 62.4 Å². The zero-order chi connectivity index (χ0) is 26.1. The first-order valence-corrected chi connectivity index (χ1v) is 13.3. The van der Waals surface area contributed by atoms with Crippen LogP contribution in [-0.2, 0) is 22.6 Å². The molecule has 0 radical (unpaired) electrons. The molecule has 3 rings (SSSR count). The molecule has 36 heavy (non-hydrogen) atoms. The Hall–Kier alpha value is -2.54. The largest absolute Gasteiger partial charge is 0.483 e. The van der Waals surface area contributed by atoms with E-state index >= 15 is 0 Å². The fourth-order valence-electron chi connectivity index (χ4n) is 3.62. The van der Waals surface area contributed by atoms with Crippen LogP contribution in [0.25, 0.3) is 0 Å². The van der Waals surface area contributed by atoms with Gasteiger partial charge in [0.15, 0.2) is 6.61 Å². The van der Waals surface area contributed by atoms with Gasteiger partial charge in [-0.3, -0.25) is 9.59 Å². The van der Waals surface area contributed by atoms with Crippen LogP contribution >= 0.6 is 39.1 Å². The van der Waals surface area contributed by atoms with E-state index in [-0.39, 0.29) is 31.0 Å². The van der Waals surface area contributed by atoms with Crippen LogP contribution < -0.4 is 10.1 Å². The number of hydrogen-bond donors (Lipinski definition) is 1. The molecule has 3 aromatic carbocycles. The second kappa shape index (κ2) is 13.7. The van der Waals surface area contributed by atoms with Crippen LogP contribution in [0.4, 0.5) is 0 Å². The molecule has 0 bridgehead atoms. The molecule has 0 saturated heterocycles. The van der Waals surface area contributed by atoms with Gasteiger partial charge in [-0.15, -0.1) is 0 Å². The van der Waals surface area contributed by atoms with E-state index in [0.29, 0.717) is 26.7 Å². The smallest absolute Gasteiger partial charge is 0.261 e. The summed E-state index contributed by atoms with van der Waals surface area (Å²) in [4.78, 5) is 28.7. The van der Waals surface area contributed by atoms with Gasteiger partial charge in [-0.25, -0.2) is 0 Å². The van der Waals surface area contributed by atoms with E-state index < -0.39 is 6.04 Å². The van der Waals surface area contributed by atoms with Crippen LogP contribution in [0, 0.1) is 0 Å². The molecule has 5 nitrogen and oxygen atoms in total. The summed E-state index contributed by atoms with van der Waals surface area (Å²) in [6.07, 6.45) is 1.12. The third-order valence-corrected chi connectivity index (χ3v) is 7.04. The maximum Gasteiger partial charge on any atom is 0.261 e. The highest BCUT2D eigenvalue weighted by Crippen LogP contribution is 2.28. The van der Waals surface area contributed by atoms with Gasteiger partial charge in [0.25, 0.3) is 5.91 Å². The number of carbonyl (C=O) groups excluding carboxylic acids is 2. The summed E-state index contributed by atoms with van der Waals surface area (Å²) in [5.41, 5.74) is 1.69. The summed E-state index contributed by atoms with van der Waals surface area (Å²) < 4.78 is 6.46. The van der Waals surface area contributed by atoms with E-state index in [9.17, 15) is 9.59 Å². The lowest BCUT2D eigenvalue weighted by atomic mass is 10.0. The first-order valence-electron chi connectivity index (χ1n) is 11.7. The number of amides is 2. The maximum absolute atomic E-state index is 13.6. The van der Waals surface area contributed by atoms with Crippen molar-refractivity contribution in [1.82, 2.24) is 10.2 Å². The van der Waals surface area contributed by atoms with Crippen molar-refractivity contribution in [3.8, 4) is 5.75 Å². The van der Waals surface area contributed by atoms with Crippen molar-refractivity contribution in [2.45, 2.75) is 45.3 Å². The van der Waals surface area contributed by atoms with Crippen LogP contribution in [-0.4, -0.2) is 35.4 Å². The molecular formula is C28H29BrCl2N2O3. The molecule has 2 atom stereocenters. The summed E-state index contributed by atoms with van der Waals surface area (Å²) in [5.74, 6) is -0.0765.